The molecule has 1 atom stereocenters. The zero-order chi connectivity index (χ0) is 21.5. The number of hydrogen-bond donors (Lipinski definition) is 1. The smallest absolute Gasteiger partial charge is 0.263 e. The molecule has 0 saturated heterocycles. The summed E-state index contributed by atoms with van der Waals surface area (Å²) in [7, 11) is 0. The molecule has 156 valence electrons. The van der Waals surface area contributed by atoms with Gasteiger partial charge in [-0.25, -0.2) is 4.98 Å². The molecule has 7 nitrogen and oxygen atoms in total. The first-order valence-corrected chi connectivity index (χ1v) is 10.6. The van der Waals surface area contributed by atoms with Crippen molar-refractivity contribution in [2.45, 2.75) is 19.9 Å². The minimum atomic E-state index is -0.741. The van der Waals surface area contributed by atoms with Gasteiger partial charge in [-0.05, 0) is 37.1 Å². The van der Waals surface area contributed by atoms with Crippen molar-refractivity contribution in [3.63, 3.8) is 0 Å². The first-order valence-electron chi connectivity index (χ1n) is 9.79. The zero-order valence-electron chi connectivity index (χ0n) is 16.9. The molecular weight excluding hydrogens is 414 g/mol. The van der Waals surface area contributed by atoms with E-state index in [2.05, 4.69) is 10.3 Å². The normalized spacial score (nSPS) is 13.4. The third-order valence-electron chi connectivity index (χ3n) is 5.35. The van der Waals surface area contributed by atoms with Gasteiger partial charge in [-0.15, -0.1) is 11.3 Å². The summed E-state index contributed by atoms with van der Waals surface area (Å²) in [4.78, 5) is 32.3. The molecule has 1 unspecified atom stereocenters. The number of nitrogens with zero attached hydrogens (tertiary/aromatic N) is 2. The van der Waals surface area contributed by atoms with Crippen molar-refractivity contribution in [1.82, 2.24) is 9.55 Å². The van der Waals surface area contributed by atoms with Crippen LogP contribution in [0.5, 0.6) is 11.5 Å². The summed E-state index contributed by atoms with van der Waals surface area (Å²) in [6.07, 6.45) is 1.44. The van der Waals surface area contributed by atoms with Crippen molar-refractivity contribution in [2.24, 2.45) is 0 Å². The Balaban J connectivity index is 1.47. The summed E-state index contributed by atoms with van der Waals surface area (Å²) >= 11 is 1.48. The molecule has 1 amide bonds. The Kier molecular flexibility index (Phi) is 4.71. The average molecular weight is 433 g/mol. The van der Waals surface area contributed by atoms with Crippen LogP contribution >= 0.6 is 11.3 Å². The fourth-order valence-electron chi connectivity index (χ4n) is 3.63. The fraction of sp³-hybridized carbons (Fsp3) is 0.174. The third-order valence-corrected chi connectivity index (χ3v) is 6.60. The first kappa shape index (κ1) is 19.3. The fourth-order valence-corrected chi connectivity index (χ4v) is 4.77. The highest BCUT2D eigenvalue weighted by atomic mass is 32.1. The average Bonchev–Trinajstić information content (AvgIpc) is 3.38. The molecule has 1 aliphatic heterocycles. The van der Waals surface area contributed by atoms with E-state index in [1.807, 2.05) is 37.3 Å². The molecule has 4 aromatic rings. The Labute approximate surface area is 181 Å². The second kappa shape index (κ2) is 7.55. The molecule has 2 aromatic heterocycles. The van der Waals surface area contributed by atoms with Crippen LogP contribution in [0.25, 0.3) is 20.7 Å². The lowest BCUT2D eigenvalue weighted by atomic mass is 10.1. The van der Waals surface area contributed by atoms with E-state index in [1.54, 1.807) is 25.1 Å². The maximum atomic E-state index is 13.3. The molecule has 0 aliphatic carbocycles. The molecule has 0 radical (unpaired) electrons. The van der Waals surface area contributed by atoms with Crippen LogP contribution in [0.2, 0.25) is 0 Å². The number of rotatable bonds is 4. The van der Waals surface area contributed by atoms with Crippen molar-refractivity contribution >= 4 is 33.1 Å². The number of ether oxygens (including phenoxy) is 2. The van der Waals surface area contributed by atoms with Crippen LogP contribution in [0, 0.1) is 6.92 Å². The lowest BCUT2D eigenvalue weighted by molar-refractivity contribution is -0.118. The second-order valence-corrected chi connectivity index (χ2v) is 8.29. The van der Waals surface area contributed by atoms with Crippen LogP contribution in [-0.2, 0) is 4.79 Å². The number of carbonyl (C=O) groups excluding carboxylic acids is 1. The van der Waals surface area contributed by atoms with Gasteiger partial charge in [0.05, 0.1) is 11.7 Å². The predicted molar refractivity (Wildman–Crippen MR) is 120 cm³/mol. The SMILES string of the molecule is Cc1c(-c2ccccc2)sc2ncn(C(C)C(=O)Nc3ccc4c(c3)OCO4)c(=O)c12. The topological polar surface area (TPSA) is 82.5 Å². The standard InChI is InChI=1S/C23H19N3O4S/c1-13-19-22(31-20(13)15-6-4-3-5-7-15)24-11-26(23(19)28)14(2)21(27)25-16-8-9-17-18(10-16)30-12-29-17/h3-11,14H,12H2,1-2H3,(H,25,27). The van der Waals surface area contributed by atoms with Gasteiger partial charge in [0.25, 0.3) is 5.56 Å². The van der Waals surface area contributed by atoms with E-state index in [0.29, 0.717) is 27.4 Å². The van der Waals surface area contributed by atoms with E-state index in [9.17, 15) is 9.59 Å². The number of nitrogens with one attached hydrogen (secondary N) is 1. The predicted octanol–water partition coefficient (Wildman–Crippen LogP) is 4.36. The molecule has 1 aliphatic rings. The number of hydrogen-bond acceptors (Lipinski definition) is 6. The zero-order valence-corrected chi connectivity index (χ0v) is 17.7. The van der Waals surface area contributed by atoms with Gasteiger partial charge in [-0.3, -0.25) is 14.2 Å². The van der Waals surface area contributed by atoms with Crippen LogP contribution in [0.4, 0.5) is 5.69 Å². The molecule has 0 spiro atoms. The van der Waals surface area contributed by atoms with Gasteiger partial charge in [0.1, 0.15) is 10.9 Å². The number of fused-ring (bicyclic) bond motifs is 2. The van der Waals surface area contributed by atoms with Crippen molar-refractivity contribution in [3.05, 3.63) is 70.8 Å². The molecule has 3 heterocycles. The number of amides is 1. The lowest BCUT2D eigenvalue weighted by Gasteiger charge is -2.15. The summed E-state index contributed by atoms with van der Waals surface area (Å²) in [5, 5.41) is 3.38. The molecule has 0 saturated carbocycles. The summed E-state index contributed by atoms with van der Waals surface area (Å²) in [6, 6.07) is 14.3. The van der Waals surface area contributed by atoms with Gasteiger partial charge in [-0.1, -0.05) is 30.3 Å². The molecule has 1 N–H and O–H groups in total. The Morgan fingerprint density at radius 3 is 2.74 bits per heavy atom. The number of anilines is 1. The van der Waals surface area contributed by atoms with Gasteiger partial charge in [0.2, 0.25) is 12.7 Å². The molecule has 2 aromatic carbocycles. The Morgan fingerprint density at radius 2 is 1.94 bits per heavy atom. The van der Waals surface area contributed by atoms with E-state index < -0.39 is 6.04 Å². The highest BCUT2D eigenvalue weighted by Crippen LogP contribution is 2.36. The lowest BCUT2D eigenvalue weighted by Crippen LogP contribution is -2.31. The summed E-state index contributed by atoms with van der Waals surface area (Å²) in [6.45, 7) is 3.76. The van der Waals surface area contributed by atoms with Gasteiger partial charge in [0.15, 0.2) is 11.5 Å². The summed E-state index contributed by atoms with van der Waals surface area (Å²) in [5.74, 6) is 0.894. The van der Waals surface area contributed by atoms with E-state index in [1.165, 1.54) is 22.2 Å². The van der Waals surface area contributed by atoms with Crippen LogP contribution in [0.3, 0.4) is 0 Å². The minimum absolute atomic E-state index is 0.162. The van der Waals surface area contributed by atoms with Gasteiger partial charge >= 0.3 is 0 Å². The molecule has 5 rings (SSSR count). The number of aromatic nitrogens is 2. The highest BCUT2D eigenvalue weighted by Gasteiger charge is 2.22. The third kappa shape index (κ3) is 3.34. The summed E-state index contributed by atoms with van der Waals surface area (Å²) in [5.41, 5.74) is 2.26. The number of aryl methyl sites for hydroxylation is 1. The molecular formula is C23H19N3O4S. The van der Waals surface area contributed by atoms with Crippen molar-refractivity contribution in [3.8, 4) is 21.9 Å². The molecule has 8 heteroatoms. The largest absolute Gasteiger partial charge is 0.454 e. The van der Waals surface area contributed by atoms with Crippen molar-refractivity contribution in [1.29, 1.82) is 0 Å². The molecule has 31 heavy (non-hydrogen) atoms. The Morgan fingerprint density at radius 1 is 1.16 bits per heavy atom. The highest BCUT2D eigenvalue weighted by molar-refractivity contribution is 7.22. The van der Waals surface area contributed by atoms with Crippen LogP contribution < -0.4 is 20.3 Å². The van der Waals surface area contributed by atoms with Gasteiger partial charge < -0.3 is 14.8 Å². The quantitative estimate of drug-likeness (QED) is 0.517. The van der Waals surface area contributed by atoms with Crippen molar-refractivity contribution < 1.29 is 14.3 Å². The van der Waals surface area contributed by atoms with E-state index >= 15 is 0 Å². The maximum Gasteiger partial charge on any atom is 0.263 e. The van der Waals surface area contributed by atoms with E-state index in [4.69, 9.17) is 9.47 Å². The Hall–Kier alpha value is -3.65. The van der Waals surface area contributed by atoms with Crippen LogP contribution in [0.1, 0.15) is 18.5 Å². The number of benzene rings is 2. The second-order valence-electron chi connectivity index (χ2n) is 7.29. The van der Waals surface area contributed by atoms with Crippen LogP contribution in [-0.4, -0.2) is 22.3 Å². The minimum Gasteiger partial charge on any atom is -0.454 e. The monoisotopic (exact) mass is 433 g/mol. The first-order chi connectivity index (χ1) is 15.0. The molecule has 0 fully saturated rings. The van der Waals surface area contributed by atoms with E-state index in [0.717, 1.165) is 16.0 Å². The molecule has 0 bridgehead atoms. The van der Waals surface area contributed by atoms with Crippen molar-refractivity contribution in [2.75, 3.05) is 12.1 Å². The van der Waals surface area contributed by atoms with Gasteiger partial charge in [0, 0.05) is 16.6 Å². The summed E-state index contributed by atoms with van der Waals surface area (Å²) < 4.78 is 12.0. The van der Waals surface area contributed by atoms with Crippen LogP contribution in [0.15, 0.2) is 59.7 Å². The maximum absolute atomic E-state index is 13.3. The Bertz CT molecular complexity index is 1360. The van der Waals surface area contributed by atoms with Gasteiger partial charge in [-0.2, -0.15) is 0 Å². The number of thiophene rings is 1. The number of carbonyl (C=O) groups is 1. The van der Waals surface area contributed by atoms with E-state index in [-0.39, 0.29) is 18.3 Å².